The van der Waals surface area contributed by atoms with Crippen molar-refractivity contribution >= 4 is 34.8 Å². The fraction of sp³-hybridized carbons (Fsp3) is 0.391. The molecule has 1 N–H and O–H groups in total. The lowest BCUT2D eigenvalue weighted by Gasteiger charge is -2.31. The van der Waals surface area contributed by atoms with Gasteiger partial charge in [-0.1, -0.05) is 11.6 Å². The van der Waals surface area contributed by atoms with Crippen molar-refractivity contribution < 1.29 is 9.59 Å². The van der Waals surface area contributed by atoms with Crippen molar-refractivity contribution in [2.24, 2.45) is 5.92 Å². The number of benzene rings is 2. The Labute approximate surface area is 177 Å². The van der Waals surface area contributed by atoms with Crippen LogP contribution in [-0.2, 0) is 4.79 Å². The average Bonchev–Trinajstić information content (AvgIpc) is 2.76. The lowest BCUT2D eigenvalue weighted by Crippen LogP contribution is -2.41. The summed E-state index contributed by atoms with van der Waals surface area (Å²) in [4.78, 5) is 29.3. The van der Waals surface area contributed by atoms with E-state index in [0.717, 1.165) is 24.5 Å². The van der Waals surface area contributed by atoms with Gasteiger partial charge in [0.05, 0.1) is 0 Å². The molecule has 0 bridgehead atoms. The zero-order valence-corrected chi connectivity index (χ0v) is 17.8. The second-order valence-corrected chi connectivity index (χ2v) is 7.72. The minimum Gasteiger partial charge on any atom is -0.372 e. The number of carbonyl (C=O) groups excluding carboxylic acids is 2. The van der Waals surface area contributed by atoms with E-state index in [1.54, 1.807) is 24.3 Å². The summed E-state index contributed by atoms with van der Waals surface area (Å²) in [5.74, 6) is -0.0570. The van der Waals surface area contributed by atoms with Gasteiger partial charge in [0.1, 0.15) is 0 Å². The number of nitrogens with one attached hydrogen (secondary N) is 1. The molecule has 29 heavy (non-hydrogen) atoms. The summed E-state index contributed by atoms with van der Waals surface area (Å²) < 4.78 is 0. The van der Waals surface area contributed by atoms with Gasteiger partial charge < -0.3 is 15.1 Å². The van der Waals surface area contributed by atoms with Gasteiger partial charge in [0.15, 0.2) is 0 Å². The van der Waals surface area contributed by atoms with Gasteiger partial charge in [-0.15, -0.1) is 0 Å². The Morgan fingerprint density at radius 1 is 1.00 bits per heavy atom. The minimum absolute atomic E-state index is 0.00693. The van der Waals surface area contributed by atoms with E-state index < -0.39 is 0 Å². The van der Waals surface area contributed by atoms with E-state index >= 15 is 0 Å². The van der Waals surface area contributed by atoms with Crippen LogP contribution in [-0.4, -0.2) is 42.9 Å². The normalized spacial score (nSPS) is 14.5. The Hall–Kier alpha value is -2.53. The Morgan fingerprint density at radius 2 is 1.59 bits per heavy atom. The van der Waals surface area contributed by atoms with Crippen molar-refractivity contribution in [2.45, 2.75) is 26.7 Å². The smallest absolute Gasteiger partial charge is 0.253 e. The third-order valence-corrected chi connectivity index (χ3v) is 5.76. The van der Waals surface area contributed by atoms with Crippen molar-refractivity contribution in [1.29, 1.82) is 0 Å². The van der Waals surface area contributed by atoms with Crippen LogP contribution in [0.3, 0.4) is 0 Å². The van der Waals surface area contributed by atoms with Crippen LogP contribution in [0.2, 0.25) is 5.02 Å². The monoisotopic (exact) mass is 413 g/mol. The highest BCUT2D eigenvalue weighted by Gasteiger charge is 2.27. The molecule has 1 aliphatic heterocycles. The first-order chi connectivity index (χ1) is 14.0. The summed E-state index contributed by atoms with van der Waals surface area (Å²) in [7, 11) is 0. The van der Waals surface area contributed by atoms with Gasteiger partial charge in [-0.3, -0.25) is 9.59 Å². The summed E-state index contributed by atoms with van der Waals surface area (Å²) in [5.41, 5.74) is 2.60. The molecule has 3 rings (SSSR count). The number of likely N-dealkylation sites (tertiary alicyclic amines) is 1. The Balaban J connectivity index is 1.52. The Bertz CT molecular complexity index is 824. The fourth-order valence-electron chi connectivity index (χ4n) is 3.71. The molecule has 0 radical (unpaired) electrons. The van der Waals surface area contributed by atoms with E-state index in [9.17, 15) is 9.59 Å². The number of hydrogen-bond acceptors (Lipinski definition) is 3. The van der Waals surface area contributed by atoms with Gasteiger partial charge in [0.2, 0.25) is 5.91 Å². The Morgan fingerprint density at radius 3 is 2.14 bits per heavy atom. The van der Waals surface area contributed by atoms with Crippen LogP contribution in [0.5, 0.6) is 0 Å². The molecular weight excluding hydrogens is 386 g/mol. The topological polar surface area (TPSA) is 52.7 Å². The maximum Gasteiger partial charge on any atom is 0.253 e. The third-order valence-electron chi connectivity index (χ3n) is 5.51. The molecule has 0 aromatic heterocycles. The largest absolute Gasteiger partial charge is 0.372 e. The maximum atomic E-state index is 12.6. The first kappa shape index (κ1) is 21.2. The third kappa shape index (κ3) is 5.30. The summed E-state index contributed by atoms with van der Waals surface area (Å²) in [6.45, 7) is 7.33. The second-order valence-electron chi connectivity index (χ2n) is 7.28. The van der Waals surface area contributed by atoms with Crippen LogP contribution in [0.1, 0.15) is 37.0 Å². The van der Waals surface area contributed by atoms with Crippen LogP contribution >= 0.6 is 11.6 Å². The van der Waals surface area contributed by atoms with Crippen LogP contribution in [0, 0.1) is 5.92 Å². The highest BCUT2D eigenvalue weighted by molar-refractivity contribution is 6.30. The molecule has 154 valence electrons. The molecule has 1 aliphatic rings. The number of hydrogen-bond donors (Lipinski definition) is 1. The van der Waals surface area contributed by atoms with E-state index in [0.29, 0.717) is 36.5 Å². The van der Waals surface area contributed by atoms with Gasteiger partial charge in [0.25, 0.3) is 5.91 Å². The molecule has 2 amide bonds. The van der Waals surface area contributed by atoms with Gasteiger partial charge in [-0.2, -0.15) is 0 Å². The van der Waals surface area contributed by atoms with Crippen LogP contribution in [0.15, 0.2) is 48.5 Å². The molecule has 0 atom stereocenters. The molecule has 6 heteroatoms. The van der Waals surface area contributed by atoms with Crippen molar-refractivity contribution in [3.8, 4) is 0 Å². The van der Waals surface area contributed by atoms with E-state index in [1.807, 2.05) is 29.2 Å². The zero-order chi connectivity index (χ0) is 20.8. The highest BCUT2D eigenvalue weighted by atomic mass is 35.5. The maximum absolute atomic E-state index is 12.6. The number of nitrogens with zero attached hydrogens (tertiary/aromatic N) is 2. The lowest BCUT2D eigenvalue weighted by molar-refractivity contribution is -0.121. The molecule has 0 unspecified atom stereocenters. The molecular formula is C23H28ClN3O2. The molecule has 0 saturated carbocycles. The van der Waals surface area contributed by atoms with Gasteiger partial charge in [-0.25, -0.2) is 0 Å². The van der Waals surface area contributed by atoms with Gasteiger partial charge >= 0.3 is 0 Å². The van der Waals surface area contributed by atoms with Crippen molar-refractivity contribution in [3.63, 3.8) is 0 Å². The summed E-state index contributed by atoms with van der Waals surface area (Å²) in [6.07, 6.45) is 1.34. The van der Waals surface area contributed by atoms with E-state index in [-0.39, 0.29) is 17.7 Å². The first-order valence-corrected chi connectivity index (χ1v) is 10.6. The number of anilines is 2. The van der Waals surface area contributed by atoms with E-state index in [4.69, 9.17) is 11.6 Å². The summed E-state index contributed by atoms with van der Waals surface area (Å²) >= 11 is 5.89. The molecule has 2 aromatic carbocycles. The van der Waals surface area contributed by atoms with E-state index in [1.165, 1.54) is 0 Å². The minimum atomic E-state index is -0.0771. The first-order valence-electron chi connectivity index (χ1n) is 10.2. The average molecular weight is 414 g/mol. The summed E-state index contributed by atoms with van der Waals surface area (Å²) in [5, 5.41) is 3.63. The van der Waals surface area contributed by atoms with Crippen molar-refractivity contribution in [2.75, 3.05) is 36.4 Å². The Kier molecular flexibility index (Phi) is 7.15. The van der Waals surface area contributed by atoms with Crippen LogP contribution in [0.25, 0.3) is 0 Å². The number of carbonyl (C=O) groups is 2. The SMILES string of the molecule is CCN(CC)c1ccc(NC(=O)C2CCN(C(=O)c3ccc(Cl)cc3)CC2)cc1. The highest BCUT2D eigenvalue weighted by Crippen LogP contribution is 2.23. The lowest BCUT2D eigenvalue weighted by atomic mass is 9.95. The zero-order valence-electron chi connectivity index (χ0n) is 17.0. The molecule has 1 saturated heterocycles. The molecule has 1 heterocycles. The molecule has 0 spiro atoms. The second kappa shape index (κ2) is 9.79. The van der Waals surface area contributed by atoms with Crippen LogP contribution in [0.4, 0.5) is 11.4 Å². The number of halogens is 1. The van der Waals surface area contributed by atoms with Crippen molar-refractivity contribution in [3.05, 3.63) is 59.1 Å². The number of rotatable bonds is 6. The molecule has 1 fully saturated rings. The molecule has 2 aromatic rings. The number of amides is 2. The van der Waals surface area contributed by atoms with Gasteiger partial charge in [-0.05, 0) is 75.2 Å². The van der Waals surface area contributed by atoms with Crippen molar-refractivity contribution in [1.82, 2.24) is 4.90 Å². The number of piperidine rings is 1. The quantitative estimate of drug-likeness (QED) is 0.748. The van der Waals surface area contributed by atoms with E-state index in [2.05, 4.69) is 24.1 Å². The molecule has 0 aliphatic carbocycles. The van der Waals surface area contributed by atoms with Gasteiger partial charge in [0, 0.05) is 54.1 Å². The standard InChI is InChI=1S/C23H28ClN3O2/c1-3-26(4-2)21-11-9-20(10-12-21)25-22(28)17-13-15-27(16-14-17)23(29)18-5-7-19(24)8-6-18/h5-12,17H,3-4,13-16H2,1-2H3,(H,25,28). The predicted molar refractivity (Wildman–Crippen MR) is 119 cm³/mol. The predicted octanol–water partition coefficient (Wildman–Crippen LogP) is 4.68. The fourth-order valence-corrected chi connectivity index (χ4v) is 3.83. The molecule has 5 nitrogen and oxygen atoms in total. The van der Waals surface area contributed by atoms with Crippen LogP contribution < -0.4 is 10.2 Å². The summed E-state index contributed by atoms with van der Waals surface area (Å²) in [6, 6.07) is 14.9.